The molecule has 0 aromatic heterocycles. The lowest BCUT2D eigenvalue weighted by Crippen LogP contribution is -2.53. The lowest BCUT2D eigenvalue weighted by Gasteiger charge is -2.33. The molecule has 2 rings (SSSR count). The van der Waals surface area contributed by atoms with Crippen LogP contribution in [-0.4, -0.2) is 83.1 Å². The fourth-order valence-electron chi connectivity index (χ4n) is 3.20. The van der Waals surface area contributed by atoms with Crippen LogP contribution in [0.1, 0.15) is 26.2 Å². The average molecular weight is 424 g/mol. The second-order valence-electron chi connectivity index (χ2n) is 6.48. The second kappa shape index (κ2) is 11.0. The van der Waals surface area contributed by atoms with Crippen molar-refractivity contribution >= 4 is 26.8 Å². The summed E-state index contributed by atoms with van der Waals surface area (Å²) in [7, 11) is -6.11. The van der Waals surface area contributed by atoms with Gasteiger partial charge in [-0.05, 0) is 0 Å². The van der Waals surface area contributed by atoms with Crippen LogP contribution in [-0.2, 0) is 18.9 Å². The molecule has 0 amide bonds. The summed E-state index contributed by atoms with van der Waals surface area (Å²) in [6.07, 6.45) is 1.02. The molecule has 0 radical (unpaired) electrons. The van der Waals surface area contributed by atoms with Crippen LogP contribution >= 0.6 is 16.0 Å². The van der Waals surface area contributed by atoms with Gasteiger partial charge in [0.25, 0.3) is 13.3 Å². The predicted molar refractivity (Wildman–Crippen MR) is 96.4 cm³/mol. The minimum Gasteiger partial charge on any atom is -0.603 e. The van der Waals surface area contributed by atoms with E-state index in [0.29, 0.717) is 39.3 Å². The number of ether oxygens (including phenoxy) is 4. The van der Waals surface area contributed by atoms with Gasteiger partial charge in [-0.2, -0.15) is 9.79 Å². The first kappa shape index (κ1) is 22.9. The van der Waals surface area contributed by atoms with Crippen molar-refractivity contribution in [2.45, 2.75) is 37.8 Å². The van der Waals surface area contributed by atoms with E-state index < -0.39 is 33.1 Å². The van der Waals surface area contributed by atoms with Crippen molar-refractivity contribution in [1.82, 2.24) is 0 Å². The van der Waals surface area contributed by atoms with Crippen LogP contribution in [0.15, 0.2) is 0 Å². The van der Waals surface area contributed by atoms with Gasteiger partial charge in [0.15, 0.2) is 0 Å². The highest BCUT2D eigenvalue weighted by molar-refractivity contribution is 7.57. The van der Waals surface area contributed by atoms with E-state index in [0.717, 1.165) is 4.70 Å². The van der Waals surface area contributed by atoms with E-state index in [9.17, 15) is 25.1 Å². The fourth-order valence-corrected chi connectivity index (χ4v) is 5.19. The molecule has 2 aliphatic heterocycles. The molecule has 154 valence electrons. The zero-order valence-corrected chi connectivity index (χ0v) is 17.1. The second-order valence-corrected chi connectivity index (χ2v) is 8.43. The predicted octanol–water partition coefficient (Wildman–Crippen LogP) is -0.957. The Hall–Kier alpha value is -0.380. The Bertz CT molecular complexity index is 590. The Kier molecular flexibility index (Phi) is 9.31. The maximum atomic E-state index is 12.2. The van der Waals surface area contributed by atoms with Crippen molar-refractivity contribution in [1.29, 1.82) is 0 Å². The molecule has 0 aromatic carbocycles. The largest absolute Gasteiger partial charge is 0.603 e. The summed E-state index contributed by atoms with van der Waals surface area (Å²) < 4.78 is 22.7. The summed E-state index contributed by atoms with van der Waals surface area (Å²) >= 11 is 0. The van der Waals surface area contributed by atoms with Gasteiger partial charge >= 0.3 is 5.48 Å². The van der Waals surface area contributed by atoms with Crippen molar-refractivity contribution < 1.29 is 43.2 Å². The van der Waals surface area contributed by atoms with Crippen LogP contribution in [0.25, 0.3) is 5.53 Å². The molecule has 0 aliphatic carbocycles. The number of hydrogen-bond donors (Lipinski definition) is 2. The molecule has 2 saturated heterocycles. The Morgan fingerprint density at radius 3 is 2.07 bits per heavy atom. The Morgan fingerprint density at radius 2 is 1.52 bits per heavy atom. The third kappa shape index (κ3) is 6.05. The molecule has 0 aromatic rings. The van der Waals surface area contributed by atoms with Crippen LogP contribution in [0.4, 0.5) is 0 Å². The Labute approximate surface area is 160 Å². The third-order valence-corrected chi connectivity index (χ3v) is 6.64. The lowest BCUT2D eigenvalue weighted by atomic mass is 9.91. The topological polar surface area (TPSA) is 149 Å². The quantitative estimate of drug-likeness (QED) is 0.373. The maximum Gasteiger partial charge on any atom is 0.335 e. The third-order valence-electron chi connectivity index (χ3n) is 4.69. The van der Waals surface area contributed by atoms with E-state index in [2.05, 4.69) is 0 Å². The van der Waals surface area contributed by atoms with Crippen LogP contribution in [0.5, 0.6) is 0 Å². The summed E-state index contributed by atoms with van der Waals surface area (Å²) in [6.45, 7) is 3.24. The van der Waals surface area contributed by atoms with Crippen molar-refractivity contribution in [2.24, 2.45) is 0 Å². The van der Waals surface area contributed by atoms with Gasteiger partial charge in [0.05, 0.1) is 46.2 Å². The minimum atomic E-state index is -3.06. The summed E-state index contributed by atoms with van der Waals surface area (Å²) in [4.78, 5) is 43.8. The van der Waals surface area contributed by atoms with E-state index in [-0.39, 0.29) is 31.5 Å². The SMILES string of the molecule is CC12CCOCCOCCC(CCOCCOC(=[P+](\[O-])O)/C1=[P+](/[O-])O)[N+]2=[N-]. The van der Waals surface area contributed by atoms with Gasteiger partial charge in [0.2, 0.25) is 13.5 Å². The maximum absolute atomic E-state index is 12.2. The molecule has 4 atom stereocenters. The lowest BCUT2D eigenvalue weighted by molar-refractivity contribution is -0.640. The highest BCUT2D eigenvalue weighted by atomic mass is 31.1. The summed E-state index contributed by atoms with van der Waals surface area (Å²) in [5.41, 5.74) is 9.12. The molecule has 2 bridgehead atoms. The van der Waals surface area contributed by atoms with Gasteiger partial charge in [-0.3, -0.25) is 0 Å². The van der Waals surface area contributed by atoms with E-state index >= 15 is 0 Å². The van der Waals surface area contributed by atoms with Crippen molar-refractivity contribution in [2.75, 3.05) is 46.2 Å². The number of fused-ring (bicyclic) bond motifs is 2. The zero-order valence-electron chi connectivity index (χ0n) is 15.3. The molecule has 2 fully saturated rings. The molecule has 27 heavy (non-hydrogen) atoms. The first-order valence-corrected chi connectivity index (χ1v) is 11.2. The van der Waals surface area contributed by atoms with Crippen molar-refractivity contribution in [3.8, 4) is 0 Å². The Morgan fingerprint density at radius 1 is 0.963 bits per heavy atom. The summed E-state index contributed by atoms with van der Waals surface area (Å²) in [6, 6.07) is -0.450. The molecule has 4 unspecified atom stereocenters. The van der Waals surface area contributed by atoms with Gasteiger partial charge in [0.1, 0.15) is 6.04 Å². The Balaban J connectivity index is 2.56. The minimum absolute atomic E-state index is 0.0462. The average Bonchev–Trinajstić information content (AvgIpc) is 2.65. The fraction of sp³-hybridized carbons (Fsp3) is 0.867. The molecular formula is C15H26N2O8P2. The molecular weight excluding hydrogens is 398 g/mol. The molecule has 0 spiro atoms. The van der Waals surface area contributed by atoms with E-state index in [1.807, 2.05) is 0 Å². The first-order chi connectivity index (χ1) is 12.9. The van der Waals surface area contributed by atoms with E-state index in [1.165, 1.54) is 0 Å². The first-order valence-electron chi connectivity index (χ1n) is 8.79. The van der Waals surface area contributed by atoms with E-state index in [4.69, 9.17) is 18.9 Å². The van der Waals surface area contributed by atoms with Gasteiger partial charge in [-0.25, -0.2) is 0 Å². The summed E-state index contributed by atoms with van der Waals surface area (Å²) in [5.74, 6) is 0. The van der Waals surface area contributed by atoms with Gasteiger partial charge in [-0.1, -0.05) is 0 Å². The normalized spacial score (nSPS) is 33.5. The molecule has 0 saturated carbocycles. The molecule has 10 nitrogen and oxygen atoms in total. The van der Waals surface area contributed by atoms with Gasteiger partial charge in [-0.15, -0.1) is 0 Å². The van der Waals surface area contributed by atoms with Crippen LogP contribution in [0.2, 0.25) is 0 Å². The van der Waals surface area contributed by atoms with Gasteiger partial charge in [0, 0.05) is 26.2 Å². The number of nitrogens with zero attached hydrogens (tertiary/aromatic N) is 2. The number of hydrogen-bond acceptors (Lipinski definition) is 8. The van der Waals surface area contributed by atoms with Gasteiger partial charge < -0.3 is 39.0 Å². The standard InChI is InChI=1S/C15H26N2O8P2/c1-15-4-7-24-9-8-22-5-2-12(17(15)16)3-6-23-10-11-25-14(27(20)21)13(15)26(18)19/h12H,2-11H2,1H3,(H,18,19)(H,20,21). The number of rotatable bonds is 0. The highest BCUT2D eigenvalue weighted by Crippen LogP contribution is 2.32. The van der Waals surface area contributed by atoms with Crippen molar-refractivity contribution in [3.05, 3.63) is 5.53 Å². The molecule has 12 heteroatoms. The van der Waals surface area contributed by atoms with Crippen LogP contribution < -0.4 is 9.79 Å². The molecule has 2 heterocycles. The smallest absolute Gasteiger partial charge is 0.335 e. The van der Waals surface area contributed by atoms with E-state index in [1.54, 1.807) is 6.92 Å². The highest BCUT2D eigenvalue weighted by Gasteiger charge is 2.52. The summed E-state index contributed by atoms with van der Waals surface area (Å²) in [5, 5.41) is -0.306. The molecule has 2 aliphatic rings. The molecule has 2 N–H and O–H groups in total. The monoisotopic (exact) mass is 424 g/mol. The zero-order chi connectivity index (χ0) is 19.9. The van der Waals surface area contributed by atoms with Crippen molar-refractivity contribution in [3.63, 3.8) is 0 Å². The van der Waals surface area contributed by atoms with Crippen LogP contribution in [0.3, 0.4) is 0 Å². The van der Waals surface area contributed by atoms with Crippen LogP contribution in [0, 0.1) is 0 Å².